The average molecular weight is 495 g/mol. The summed E-state index contributed by atoms with van der Waals surface area (Å²) in [6, 6.07) is 18.1. The van der Waals surface area contributed by atoms with Crippen molar-refractivity contribution in [2.75, 3.05) is 19.0 Å². The van der Waals surface area contributed by atoms with E-state index < -0.39 is 17.7 Å². The zero-order valence-corrected chi connectivity index (χ0v) is 19.8. The largest absolute Gasteiger partial charge is 0.493 e. The van der Waals surface area contributed by atoms with Gasteiger partial charge >= 0.3 is 0 Å². The molecular formula is C25H23ClN4O5. The van der Waals surface area contributed by atoms with Crippen LogP contribution in [0, 0.1) is 0 Å². The van der Waals surface area contributed by atoms with Crippen LogP contribution < -0.4 is 25.9 Å². The Morgan fingerprint density at radius 2 is 1.63 bits per heavy atom. The average Bonchev–Trinajstić information content (AvgIpc) is 2.86. The lowest BCUT2D eigenvalue weighted by atomic mass is 10.1. The Balaban J connectivity index is 1.75. The Morgan fingerprint density at radius 1 is 0.943 bits per heavy atom. The molecule has 180 valence electrons. The molecule has 10 heteroatoms. The third-order valence-electron chi connectivity index (χ3n) is 4.81. The number of hydrazone groups is 1. The molecular weight excluding hydrogens is 472 g/mol. The second-order valence-corrected chi connectivity index (χ2v) is 7.65. The van der Waals surface area contributed by atoms with Crippen LogP contribution in [-0.4, -0.2) is 37.1 Å². The Kier molecular flexibility index (Phi) is 8.42. The molecule has 0 unspecified atom stereocenters. The molecule has 0 heterocycles. The molecule has 0 spiro atoms. The number of para-hydroxylation sites is 1. The van der Waals surface area contributed by atoms with Crippen LogP contribution in [0.15, 0.2) is 71.8 Å². The van der Waals surface area contributed by atoms with Gasteiger partial charge in [0, 0.05) is 5.56 Å². The molecule has 3 aromatic carbocycles. The Hall–Kier alpha value is -4.37. The molecule has 9 nitrogen and oxygen atoms in total. The van der Waals surface area contributed by atoms with Crippen molar-refractivity contribution in [3.05, 3.63) is 88.4 Å². The van der Waals surface area contributed by atoms with Crippen LogP contribution in [0.4, 0.5) is 5.69 Å². The normalized spacial score (nSPS) is 10.9. The summed E-state index contributed by atoms with van der Waals surface area (Å²) >= 11 is 6.10. The summed E-state index contributed by atoms with van der Waals surface area (Å²) in [5.41, 5.74) is 9.54. The topological polar surface area (TPSA) is 132 Å². The Labute approximate surface area is 206 Å². The van der Waals surface area contributed by atoms with Crippen LogP contribution in [0.5, 0.6) is 11.5 Å². The number of carbonyl (C=O) groups excluding carboxylic acids is 3. The molecule has 0 saturated carbocycles. The fourth-order valence-electron chi connectivity index (χ4n) is 3.05. The van der Waals surface area contributed by atoms with Gasteiger partial charge in [-0.05, 0) is 49.4 Å². The fraction of sp³-hybridized carbons (Fsp3) is 0.120. The number of methoxy groups -OCH3 is 1. The summed E-state index contributed by atoms with van der Waals surface area (Å²) in [7, 11) is 1.46. The first-order chi connectivity index (χ1) is 16.8. The Morgan fingerprint density at radius 3 is 2.31 bits per heavy atom. The minimum absolute atomic E-state index is 0.220. The molecule has 35 heavy (non-hydrogen) atoms. The summed E-state index contributed by atoms with van der Waals surface area (Å²) in [5.74, 6) is -0.860. The quantitative estimate of drug-likeness (QED) is 0.309. The number of nitrogens with zero attached hydrogens (tertiary/aromatic N) is 1. The zero-order valence-electron chi connectivity index (χ0n) is 19.0. The minimum Gasteiger partial charge on any atom is -0.493 e. The first-order valence-electron chi connectivity index (χ1n) is 10.4. The number of nitrogens with one attached hydrogen (secondary N) is 2. The number of rotatable bonds is 9. The number of primary amides is 1. The number of amides is 3. The molecule has 0 aliphatic heterocycles. The van der Waals surface area contributed by atoms with Crippen molar-refractivity contribution in [2.45, 2.75) is 6.92 Å². The molecule has 0 atom stereocenters. The lowest BCUT2D eigenvalue weighted by Gasteiger charge is -2.12. The summed E-state index contributed by atoms with van der Waals surface area (Å²) < 4.78 is 10.6. The molecule has 0 radical (unpaired) electrons. The number of ether oxygens (including phenoxy) is 2. The van der Waals surface area contributed by atoms with Crippen LogP contribution in [0.2, 0.25) is 5.02 Å². The van der Waals surface area contributed by atoms with Gasteiger partial charge in [0.25, 0.3) is 17.7 Å². The number of benzene rings is 3. The summed E-state index contributed by atoms with van der Waals surface area (Å²) in [6.45, 7) is 1.41. The molecule has 0 aliphatic carbocycles. The number of nitrogens with two attached hydrogens (primary N) is 1. The van der Waals surface area contributed by atoms with Gasteiger partial charge in [-0.25, -0.2) is 5.43 Å². The number of hydrogen-bond donors (Lipinski definition) is 3. The van der Waals surface area contributed by atoms with Gasteiger partial charge in [0.05, 0.1) is 34.7 Å². The van der Waals surface area contributed by atoms with Crippen molar-refractivity contribution in [1.29, 1.82) is 0 Å². The smallest absolute Gasteiger partial charge is 0.273 e. The predicted molar refractivity (Wildman–Crippen MR) is 133 cm³/mol. The summed E-state index contributed by atoms with van der Waals surface area (Å²) in [6.07, 6.45) is 0. The van der Waals surface area contributed by atoms with E-state index in [1.165, 1.54) is 7.11 Å². The van der Waals surface area contributed by atoms with Crippen LogP contribution in [0.1, 0.15) is 33.2 Å². The summed E-state index contributed by atoms with van der Waals surface area (Å²) in [5, 5.41) is 7.17. The highest BCUT2D eigenvalue weighted by molar-refractivity contribution is 6.34. The van der Waals surface area contributed by atoms with Crippen molar-refractivity contribution >= 4 is 40.7 Å². The van der Waals surface area contributed by atoms with Crippen molar-refractivity contribution in [2.24, 2.45) is 10.8 Å². The van der Waals surface area contributed by atoms with Gasteiger partial charge in [-0.2, -0.15) is 5.10 Å². The van der Waals surface area contributed by atoms with Crippen molar-refractivity contribution in [3.63, 3.8) is 0 Å². The van der Waals surface area contributed by atoms with Gasteiger partial charge in [-0.3, -0.25) is 14.4 Å². The lowest BCUT2D eigenvalue weighted by Crippen LogP contribution is -2.22. The number of carbonyl (C=O) groups is 3. The van der Waals surface area contributed by atoms with Crippen LogP contribution >= 0.6 is 11.6 Å². The maximum Gasteiger partial charge on any atom is 0.273 e. The third kappa shape index (κ3) is 6.58. The maximum absolute atomic E-state index is 12.8. The summed E-state index contributed by atoms with van der Waals surface area (Å²) in [4.78, 5) is 36.4. The highest BCUT2D eigenvalue weighted by Gasteiger charge is 2.16. The van der Waals surface area contributed by atoms with Crippen LogP contribution in [0.25, 0.3) is 0 Å². The van der Waals surface area contributed by atoms with Gasteiger partial charge in [0.2, 0.25) is 0 Å². The van der Waals surface area contributed by atoms with E-state index in [-0.39, 0.29) is 17.7 Å². The van der Waals surface area contributed by atoms with E-state index in [1.54, 1.807) is 73.7 Å². The van der Waals surface area contributed by atoms with Crippen molar-refractivity contribution in [1.82, 2.24) is 5.43 Å². The van der Waals surface area contributed by atoms with E-state index in [4.69, 9.17) is 26.8 Å². The van der Waals surface area contributed by atoms with Gasteiger partial charge < -0.3 is 20.5 Å². The number of anilines is 1. The van der Waals surface area contributed by atoms with E-state index in [0.717, 1.165) is 0 Å². The van der Waals surface area contributed by atoms with E-state index in [1.807, 2.05) is 0 Å². The number of halogens is 1. The molecule has 0 aromatic heterocycles. The monoisotopic (exact) mass is 494 g/mol. The molecule has 0 bridgehead atoms. The van der Waals surface area contributed by atoms with Crippen LogP contribution in [-0.2, 0) is 4.79 Å². The van der Waals surface area contributed by atoms with E-state index in [2.05, 4.69) is 15.8 Å². The first-order valence-corrected chi connectivity index (χ1v) is 10.8. The molecule has 3 aromatic rings. The molecule has 4 N–H and O–H groups in total. The number of hydrogen-bond acceptors (Lipinski definition) is 6. The van der Waals surface area contributed by atoms with Crippen LogP contribution in [0.3, 0.4) is 0 Å². The molecule has 0 saturated heterocycles. The second kappa shape index (κ2) is 11.7. The minimum atomic E-state index is -0.611. The molecule has 3 rings (SSSR count). The van der Waals surface area contributed by atoms with Crippen molar-refractivity contribution < 1.29 is 23.9 Å². The molecule has 3 amide bonds. The van der Waals surface area contributed by atoms with Gasteiger partial charge in [-0.15, -0.1) is 0 Å². The van der Waals surface area contributed by atoms with E-state index in [0.29, 0.717) is 33.5 Å². The lowest BCUT2D eigenvalue weighted by molar-refractivity contribution is -0.119. The third-order valence-corrected chi connectivity index (χ3v) is 5.14. The SMILES string of the molecule is COc1cc(/C(C)=N/NC(=O)c2ccccc2NC(=O)c2ccccc2Cl)ccc1OCC(N)=O. The van der Waals surface area contributed by atoms with E-state index in [9.17, 15) is 14.4 Å². The zero-order chi connectivity index (χ0) is 25.4. The fourth-order valence-corrected chi connectivity index (χ4v) is 3.27. The van der Waals surface area contributed by atoms with Gasteiger partial charge in [-0.1, -0.05) is 35.9 Å². The highest BCUT2D eigenvalue weighted by Crippen LogP contribution is 2.28. The second-order valence-electron chi connectivity index (χ2n) is 7.24. The highest BCUT2D eigenvalue weighted by atomic mass is 35.5. The predicted octanol–water partition coefficient (Wildman–Crippen LogP) is 3.62. The van der Waals surface area contributed by atoms with Gasteiger partial charge in [0.1, 0.15) is 0 Å². The standard InChI is InChI=1S/C25H23ClN4O5/c1-15(16-11-12-21(22(13-16)34-2)35-14-23(27)31)29-30-25(33)18-8-4-6-10-20(18)28-24(32)17-7-3-5-9-19(17)26/h3-13H,14H2,1-2H3,(H2,27,31)(H,28,32)(H,30,33)/b29-15+. The Bertz CT molecular complexity index is 1290. The van der Waals surface area contributed by atoms with E-state index >= 15 is 0 Å². The molecule has 0 aliphatic rings. The first kappa shape index (κ1) is 25.3. The maximum atomic E-state index is 12.8. The molecule has 0 fully saturated rings. The van der Waals surface area contributed by atoms with Crippen molar-refractivity contribution in [3.8, 4) is 11.5 Å². The van der Waals surface area contributed by atoms with Gasteiger partial charge in [0.15, 0.2) is 18.1 Å².